The Labute approximate surface area is 98.3 Å². The molecule has 1 saturated carbocycles. The molecule has 1 fully saturated rings. The third-order valence-corrected chi connectivity index (χ3v) is 3.58. The van der Waals surface area contributed by atoms with Crippen LogP contribution in [0, 0.1) is 11.6 Å². The van der Waals surface area contributed by atoms with Crippen LogP contribution in [0.2, 0.25) is 0 Å². The zero-order valence-electron chi connectivity index (χ0n) is 9.38. The van der Waals surface area contributed by atoms with Crippen LogP contribution in [0.15, 0.2) is 18.2 Å². The van der Waals surface area contributed by atoms with Crippen LogP contribution in [0.1, 0.15) is 37.7 Å². The van der Waals surface area contributed by atoms with Crippen LogP contribution in [0.3, 0.4) is 0 Å². The molecule has 92 valence electrons. The molecule has 2 rings (SSSR count). The Kier molecular flexibility index (Phi) is 3.13. The lowest BCUT2D eigenvalue weighted by Gasteiger charge is -2.27. The maximum Gasteiger partial charge on any atom is 0.304 e. The molecule has 17 heavy (non-hydrogen) atoms. The maximum atomic E-state index is 13.2. The van der Waals surface area contributed by atoms with E-state index < -0.39 is 23.0 Å². The molecule has 1 aliphatic carbocycles. The van der Waals surface area contributed by atoms with E-state index in [4.69, 9.17) is 5.11 Å². The van der Waals surface area contributed by atoms with Crippen molar-refractivity contribution < 1.29 is 18.7 Å². The molecule has 0 radical (unpaired) electrons. The van der Waals surface area contributed by atoms with Gasteiger partial charge < -0.3 is 5.11 Å². The number of carbonyl (C=O) groups is 1. The van der Waals surface area contributed by atoms with Crippen molar-refractivity contribution in [1.29, 1.82) is 0 Å². The molecule has 0 atom stereocenters. The van der Waals surface area contributed by atoms with E-state index in [-0.39, 0.29) is 6.42 Å². The number of hydrogen-bond donors (Lipinski definition) is 1. The maximum absolute atomic E-state index is 13.2. The Hall–Kier alpha value is -1.45. The summed E-state index contributed by atoms with van der Waals surface area (Å²) in [4.78, 5) is 10.9. The Morgan fingerprint density at radius 2 is 1.88 bits per heavy atom. The van der Waals surface area contributed by atoms with E-state index in [1.165, 1.54) is 6.07 Å². The van der Waals surface area contributed by atoms with Gasteiger partial charge in [-0.15, -0.1) is 0 Å². The Balaban J connectivity index is 2.38. The normalized spacial score (nSPS) is 18.2. The lowest BCUT2D eigenvalue weighted by Crippen LogP contribution is -2.26. The molecular formula is C13H14F2O2. The zero-order chi connectivity index (χ0) is 12.5. The van der Waals surface area contributed by atoms with E-state index in [0.29, 0.717) is 5.56 Å². The van der Waals surface area contributed by atoms with Crippen molar-refractivity contribution in [2.24, 2.45) is 0 Å². The average molecular weight is 240 g/mol. The molecule has 0 unspecified atom stereocenters. The van der Waals surface area contributed by atoms with E-state index in [2.05, 4.69) is 0 Å². The standard InChI is InChI=1S/C13H14F2O2/c14-10-4-3-9(7-11(10)15)13(8-12(16)17)5-1-2-6-13/h3-4,7H,1-2,5-6,8H2,(H,16,17). The Morgan fingerprint density at radius 3 is 2.41 bits per heavy atom. The first-order chi connectivity index (χ1) is 8.03. The smallest absolute Gasteiger partial charge is 0.304 e. The number of carboxylic acids is 1. The number of rotatable bonds is 3. The van der Waals surface area contributed by atoms with Gasteiger partial charge in [0.2, 0.25) is 0 Å². The molecule has 0 saturated heterocycles. The molecule has 2 nitrogen and oxygen atoms in total. The summed E-state index contributed by atoms with van der Waals surface area (Å²) in [7, 11) is 0. The molecule has 0 bridgehead atoms. The van der Waals surface area contributed by atoms with Crippen molar-refractivity contribution >= 4 is 5.97 Å². The lowest BCUT2D eigenvalue weighted by molar-refractivity contribution is -0.138. The number of benzene rings is 1. The van der Waals surface area contributed by atoms with Crippen LogP contribution in [-0.2, 0) is 10.2 Å². The van der Waals surface area contributed by atoms with Gasteiger partial charge in [-0.2, -0.15) is 0 Å². The van der Waals surface area contributed by atoms with Gasteiger partial charge in [0, 0.05) is 5.41 Å². The van der Waals surface area contributed by atoms with E-state index in [0.717, 1.165) is 37.8 Å². The van der Waals surface area contributed by atoms with Crippen molar-refractivity contribution in [2.45, 2.75) is 37.5 Å². The molecular weight excluding hydrogens is 226 g/mol. The second-order valence-electron chi connectivity index (χ2n) is 4.69. The van der Waals surface area contributed by atoms with Crippen molar-refractivity contribution in [3.05, 3.63) is 35.4 Å². The van der Waals surface area contributed by atoms with Crippen LogP contribution < -0.4 is 0 Å². The van der Waals surface area contributed by atoms with Crippen LogP contribution >= 0.6 is 0 Å². The summed E-state index contributed by atoms with van der Waals surface area (Å²) < 4.78 is 26.1. The summed E-state index contributed by atoms with van der Waals surface area (Å²) in [5.74, 6) is -2.69. The number of halogens is 2. The van der Waals surface area contributed by atoms with E-state index in [1.54, 1.807) is 0 Å². The fourth-order valence-electron chi connectivity index (χ4n) is 2.73. The second kappa shape index (κ2) is 4.43. The molecule has 0 aromatic heterocycles. The van der Waals surface area contributed by atoms with Gasteiger partial charge in [0.05, 0.1) is 6.42 Å². The fraction of sp³-hybridized carbons (Fsp3) is 0.462. The minimum Gasteiger partial charge on any atom is -0.481 e. The minimum atomic E-state index is -0.904. The van der Waals surface area contributed by atoms with Gasteiger partial charge in [0.25, 0.3) is 0 Å². The number of hydrogen-bond acceptors (Lipinski definition) is 1. The van der Waals surface area contributed by atoms with E-state index in [1.807, 2.05) is 0 Å². The van der Waals surface area contributed by atoms with Crippen molar-refractivity contribution in [3.63, 3.8) is 0 Å². The average Bonchev–Trinajstić information content (AvgIpc) is 2.70. The van der Waals surface area contributed by atoms with Gasteiger partial charge in [-0.3, -0.25) is 4.79 Å². The molecule has 1 N–H and O–H groups in total. The quantitative estimate of drug-likeness (QED) is 0.880. The van der Waals surface area contributed by atoms with Gasteiger partial charge in [-0.1, -0.05) is 18.9 Å². The highest BCUT2D eigenvalue weighted by atomic mass is 19.2. The summed E-state index contributed by atoms with van der Waals surface area (Å²) >= 11 is 0. The van der Waals surface area contributed by atoms with Crippen molar-refractivity contribution in [1.82, 2.24) is 0 Å². The largest absolute Gasteiger partial charge is 0.481 e. The molecule has 0 aliphatic heterocycles. The lowest BCUT2D eigenvalue weighted by atomic mass is 9.76. The van der Waals surface area contributed by atoms with Gasteiger partial charge in [-0.25, -0.2) is 8.78 Å². The molecule has 1 aliphatic rings. The van der Waals surface area contributed by atoms with E-state index >= 15 is 0 Å². The Bertz CT molecular complexity index is 437. The monoisotopic (exact) mass is 240 g/mol. The summed E-state index contributed by atoms with van der Waals surface area (Å²) in [5, 5.41) is 8.96. The molecule has 4 heteroatoms. The number of carboxylic acid groups (broad SMARTS) is 1. The van der Waals surface area contributed by atoms with E-state index in [9.17, 15) is 13.6 Å². The van der Waals surface area contributed by atoms with Crippen LogP contribution in [0.25, 0.3) is 0 Å². The SMILES string of the molecule is O=C(O)CC1(c2ccc(F)c(F)c2)CCCC1. The van der Waals surface area contributed by atoms with Gasteiger partial charge >= 0.3 is 5.97 Å². The molecule has 0 heterocycles. The molecule has 0 spiro atoms. The summed E-state index contributed by atoms with van der Waals surface area (Å²) in [6, 6.07) is 3.73. The summed E-state index contributed by atoms with van der Waals surface area (Å²) in [6.07, 6.45) is 3.31. The first kappa shape index (κ1) is 12.0. The summed E-state index contributed by atoms with van der Waals surface area (Å²) in [5.41, 5.74) is 0.0942. The van der Waals surface area contributed by atoms with Crippen LogP contribution in [0.5, 0.6) is 0 Å². The second-order valence-corrected chi connectivity index (χ2v) is 4.69. The topological polar surface area (TPSA) is 37.3 Å². The van der Waals surface area contributed by atoms with Crippen LogP contribution in [0.4, 0.5) is 8.78 Å². The van der Waals surface area contributed by atoms with Gasteiger partial charge in [0.1, 0.15) is 0 Å². The summed E-state index contributed by atoms with van der Waals surface area (Å²) in [6.45, 7) is 0. The third-order valence-electron chi connectivity index (χ3n) is 3.58. The highest BCUT2D eigenvalue weighted by molar-refractivity contribution is 5.69. The van der Waals surface area contributed by atoms with Crippen LogP contribution in [-0.4, -0.2) is 11.1 Å². The minimum absolute atomic E-state index is 0.0158. The fourth-order valence-corrected chi connectivity index (χ4v) is 2.73. The predicted octanol–water partition coefficient (Wildman–Crippen LogP) is 3.25. The third kappa shape index (κ3) is 2.30. The molecule has 1 aromatic carbocycles. The van der Waals surface area contributed by atoms with Crippen molar-refractivity contribution in [2.75, 3.05) is 0 Å². The highest BCUT2D eigenvalue weighted by Gasteiger charge is 2.38. The zero-order valence-corrected chi connectivity index (χ0v) is 9.38. The molecule has 0 amide bonds. The van der Waals surface area contributed by atoms with Crippen molar-refractivity contribution in [3.8, 4) is 0 Å². The number of aliphatic carboxylic acids is 1. The van der Waals surface area contributed by atoms with Gasteiger partial charge in [0.15, 0.2) is 11.6 Å². The first-order valence-electron chi connectivity index (χ1n) is 5.71. The first-order valence-corrected chi connectivity index (χ1v) is 5.71. The van der Waals surface area contributed by atoms with Gasteiger partial charge in [-0.05, 0) is 30.5 Å². The highest BCUT2D eigenvalue weighted by Crippen LogP contribution is 2.44. The Morgan fingerprint density at radius 1 is 1.24 bits per heavy atom. The predicted molar refractivity (Wildman–Crippen MR) is 58.8 cm³/mol. The molecule has 1 aromatic rings.